The van der Waals surface area contributed by atoms with Gasteiger partial charge in [-0.3, -0.25) is 4.79 Å². The number of benzene rings is 5. The van der Waals surface area contributed by atoms with E-state index < -0.39 is 17.9 Å². The van der Waals surface area contributed by atoms with Gasteiger partial charge in [-0.25, -0.2) is 33.6 Å². The predicted molar refractivity (Wildman–Crippen MR) is 472 cm³/mol. The van der Waals surface area contributed by atoms with E-state index in [4.69, 9.17) is 37.9 Å². The van der Waals surface area contributed by atoms with Crippen molar-refractivity contribution in [3.63, 3.8) is 0 Å². The molecule has 0 N–H and O–H groups in total. The first kappa shape index (κ1) is 114. The zero-order chi connectivity index (χ0) is 89.5. The Hall–Kier alpha value is -8.38. The highest BCUT2D eigenvalue weighted by Gasteiger charge is 2.24. The van der Waals surface area contributed by atoms with Gasteiger partial charge in [0.15, 0.2) is 13.2 Å². The van der Waals surface area contributed by atoms with Crippen molar-refractivity contribution in [2.75, 3.05) is 219 Å². The molecule has 0 atom stereocenters. The van der Waals surface area contributed by atoms with Gasteiger partial charge in [-0.1, -0.05) is 219 Å². The lowest BCUT2D eigenvalue weighted by molar-refractivity contribution is -0.870. The average molecular weight is 1630 g/mol. The summed E-state index contributed by atoms with van der Waals surface area (Å²) in [7, 11) is 36.9. The zero-order valence-electron chi connectivity index (χ0n) is 77.8. The number of likely N-dealkylation sites (N-methyl/N-ethyl adjacent to an activating group) is 6. The third kappa shape index (κ3) is 82.2. The lowest BCUT2D eigenvalue weighted by atomic mass is 9.89. The van der Waals surface area contributed by atoms with Gasteiger partial charge < -0.3 is 64.8 Å². The van der Waals surface area contributed by atoms with Crippen molar-refractivity contribution in [3.05, 3.63) is 179 Å². The number of nitrogens with zero attached hydrogens (tertiary/aromatic N) is 6. The number of esters is 8. The normalized spacial score (nSPS) is 11.8. The minimum atomic E-state index is -0.530. The molecule has 1 fully saturated rings. The molecule has 0 aromatic heterocycles. The van der Waals surface area contributed by atoms with Crippen molar-refractivity contribution in [3.8, 4) is 0 Å². The molecule has 0 unspecified atom stereocenters. The van der Waals surface area contributed by atoms with Crippen LogP contribution in [-0.2, 0) is 52.3 Å². The number of hydrogen-bond donors (Lipinski definition) is 0. The number of ether oxygens (including phenoxy) is 8. The molecule has 0 bridgehead atoms. The molecular weight excluding hydrogens is 1470 g/mol. The van der Waals surface area contributed by atoms with Gasteiger partial charge in [0.1, 0.15) is 78.9 Å². The highest BCUT2D eigenvalue weighted by Crippen LogP contribution is 2.24. The Morgan fingerprint density at radius 2 is 0.491 bits per heavy atom. The van der Waals surface area contributed by atoms with Crippen LogP contribution in [0.2, 0.25) is 0 Å². The first-order valence-electron chi connectivity index (χ1n) is 41.2. The van der Waals surface area contributed by atoms with E-state index >= 15 is 0 Å². The molecule has 658 valence electrons. The number of carbonyl (C=O) groups is 8. The molecule has 0 aliphatic heterocycles. The van der Waals surface area contributed by atoms with Crippen LogP contribution in [0.1, 0.15) is 192 Å². The summed E-state index contributed by atoms with van der Waals surface area (Å²) in [6, 6.07) is 44.7. The SMILES string of the molecule is CC(C)(C)C.CC(C)C.CCCC.CCCCC.C[N+](C)(C)CCOC(=O)COC(=O)C1CCCCC1.C[N+](C)(C)CCOC(=O)COC(=O)c1ccccc1.C[N+](C)(C)CCOC(=O)c1ccccc1.C[N+](C)(C)CCOC(=O)c1ccccc1.C[N+](C)(C)CCOC(=O)c1ccccc1.C[N+](C)(C)CCOC(=O)c1ccccc1. The fourth-order valence-electron chi connectivity index (χ4n) is 7.95. The molecule has 116 heavy (non-hydrogen) atoms. The van der Waals surface area contributed by atoms with Gasteiger partial charge in [-0.2, -0.15) is 0 Å². The van der Waals surface area contributed by atoms with Crippen molar-refractivity contribution in [1.82, 2.24) is 0 Å². The van der Waals surface area contributed by atoms with Crippen molar-refractivity contribution < 1.29 is 103 Å². The molecule has 0 spiro atoms. The highest BCUT2D eigenvalue weighted by atomic mass is 16.6. The van der Waals surface area contributed by atoms with Crippen molar-refractivity contribution in [1.29, 1.82) is 0 Å². The molecule has 0 amide bonds. The average Bonchev–Trinajstić information content (AvgIpc) is 0.934. The summed E-state index contributed by atoms with van der Waals surface area (Å²) in [5.41, 5.74) is 3.36. The standard InChI is InChI=1S/C14H26NO4.C14H20NO4.4C12H18NO2.2C5H12.2C4H10/c2*1-15(2,3)9-10-18-13(16)11-19-14(17)12-7-5-4-6-8-12;4*1-13(2,3)9-10-15-12(14)11-7-5-4-6-8-11;1-5(2,3)4;1-3-5-4-2;1-4(2)3;1-3-4-2/h12H,4-11H2,1-3H3;4-8H,9-11H2,1-3H3;4*4-8H,9-10H2,1-3H3;1-4H3;3-5H2,1-2H3;4H,1-3H3;3-4H2,1-2H3/q6*+1;;;;. The van der Waals surface area contributed by atoms with Crippen molar-refractivity contribution >= 4 is 47.8 Å². The van der Waals surface area contributed by atoms with E-state index in [1.54, 1.807) is 78.9 Å². The van der Waals surface area contributed by atoms with E-state index in [9.17, 15) is 38.4 Å². The lowest BCUT2D eigenvalue weighted by Crippen LogP contribution is -2.38. The van der Waals surface area contributed by atoms with Gasteiger partial charge in [-0.05, 0) is 84.8 Å². The number of unbranched alkanes of at least 4 members (excludes halogenated alkanes) is 3. The molecule has 5 aromatic rings. The van der Waals surface area contributed by atoms with Crippen LogP contribution in [0.3, 0.4) is 0 Å². The van der Waals surface area contributed by atoms with Crippen LogP contribution in [0.15, 0.2) is 152 Å². The van der Waals surface area contributed by atoms with Crippen molar-refractivity contribution in [2.24, 2.45) is 17.3 Å². The van der Waals surface area contributed by atoms with Gasteiger partial charge in [0, 0.05) is 0 Å². The second-order valence-corrected chi connectivity index (χ2v) is 36.5. The summed E-state index contributed by atoms with van der Waals surface area (Å²) < 4.78 is 45.1. The zero-order valence-corrected chi connectivity index (χ0v) is 77.8. The monoisotopic (exact) mass is 1630 g/mol. The first-order valence-corrected chi connectivity index (χ1v) is 41.2. The Labute approximate surface area is 703 Å². The van der Waals surface area contributed by atoms with E-state index in [1.807, 2.05) is 115 Å². The van der Waals surface area contributed by atoms with Gasteiger partial charge in [0.05, 0.1) is 161 Å². The van der Waals surface area contributed by atoms with Crippen molar-refractivity contribution in [2.45, 2.75) is 140 Å². The summed E-state index contributed by atoms with van der Waals surface area (Å²) in [6.07, 6.45) is 11.8. The number of carbonyl (C=O) groups excluding carboxylic acids is 8. The molecule has 0 heterocycles. The van der Waals surface area contributed by atoms with E-state index in [0.29, 0.717) is 83.9 Å². The lowest BCUT2D eigenvalue weighted by Gasteiger charge is -2.23. The van der Waals surface area contributed by atoms with Crippen LogP contribution < -0.4 is 0 Å². The second kappa shape index (κ2) is 64.7. The summed E-state index contributed by atoms with van der Waals surface area (Å²) in [5, 5.41) is 0. The van der Waals surface area contributed by atoms with Crippen LogP contribution >= 0.6 is 0 Å². The maximum absolute atomic E-state index is 11.7. The maximum atomic E-state index is 11.7. The van der Waals surface area contributed by atoms with E-state index in [1.165, 1.54) is 38.5 Å². The van der Waals surface area contributed by atoms with E-state index in [-0.39, 0.29) is 49.0 Å². The molecule has 6 rings (SSSR count). The fraction of sp³-hybridized carbons (Fsp3) is 0.596. The molecular formula is C94H162N6O16+6. The topological polar surface area (TPSA) is 210 Å². The smallest absolute Gasteiger partial charge is 0.344 e. The quantitative estimate of drug-likeness (QED) is 0.0229. The van der Waals surface area contributed by atoms with E-state index in [2.05, 4.69) is 161 Å². The van der Waals surface area contributed by atoms with Gasteiger partial charge in [-0.15, -0.1) is 0 Å². The molecule has 5 aromatic carbocycles. The summed E-state index contributed by atoms with van der Waals surface area (Å²) in [5.74, 6) is -1.93. The Morgan fingerprint density at radius 3 is 0.672 bits per heavy atom. The number of hydrogen-bond acceptors (Lipinski definition) is 16. The van der Waals surface area contributed by atoms with Crippen LogP contribution in [0, 0.1) is 17.3 Å². The largest absolute Gasteiger partial charge is 0.457 e. The molecule has 1 aliphatic carbocycles. The third-order valence-corrected chi connectivity index (χ3v) is 14.9. The van der Waals surface area contributed by atoms with Crippen LogP contribution in [-0.4, -0.2) is 294 Å². The fourth-order valence-corrected chi connectivity index (χ4v) is 7.95. The van der Waals surface area contributed by atoms with Gasteiger partial charge >= 0.3 is 47.8 Å². The first-order chi connectivity index (χ1) is 53.8. The summed E-state index contributed by atoms with van der Waals surface area (Å²) >= 11 is 0. The minimum absolute atomic E-state index is 0.0206. The van der Waals surface area contributed by atoms with Gasteiger partial charge in [0.2, 0.25) is 0 Å². The molecule has 0 saturated heterocycles. The molecule has 1 saturated carbocycles. The number of rotatable bonds is 31. The summed E-state index contributed by atoms with van der Waals surface area (Å²) in [6.45, 7) is 30.6. The molecule has 0 radical (unpaired) electrons. The van der Waals surface area contributed by atoms with Crippen LogP contribution in [0.25, 0.3) is 0 Å². The Morgan fingerprint density at radius 1 is 0.302 bits per heavy atom. The van der Waals surface area contributed by atoms with Crippen LogP contribution in [0.5, 0.6) is 0 Å². The van der Waals surface area contributed by atoms with Crippen LogP contribution in [0.4, 0.5) is 0 Å². The number of quaternary nitrogens is 6. The molecule has 1 aliphatic rings. The Balaban J connectivity index is -0.000000622. The van der Waals surface area contributed by atoms with E-state index in [0.717, 1.165) is 86.7 Å². The predicted octanol–water partition coefficient (Wildman–Crippen LogP) is 16.4. The minimum Gasteiger partial charge on any atom is -0.457 e. The third-order valence-electron chi connectivity index (χ3n) is 14.9. The van der Waals surface area contributed by atoms with Gasteiger partial charge in [0.25, 0.3) is 0 Å². The second-order valence-electron chi connectivity index (χ2n) is 36.5. The Bertz CT molecular complexity index is 3020. The highest BCUT2D eigenvalue weighted by molar-refractivity contribution is 5.91. The Kier molecular flexibility index (Phi) is 63.5. The molecule has 22 nitrogen and oxygen atoms in total. The molecule has 22 heteroatoms. The summed E-state index contributed by atoms with van der Waals surface area (Å²) in [4.78, 5) is 92.0. The maximum Gasteiger partial charge on any atom is 0.344 e.